The highest BCUT2D eigenvalue weighted by atomic mass is 16.5. The molecular formula is C21H28N4O2. The number of amides is 1. The van der Waals surface area contributed by atoms with Crippen LogP contribution in [0.15, 0.2) is 30.3 Å². The van der Waals surface area contributed by atoms with Crippen LogP contribution in [0.4, 0.5) is 0 Å². The molecule has 2 aromatic rings. The Morgan fingerprint density at radius 2 is 2.19 bits per heavy atom. The van der Waals surface area contributed by atoms with Crippen LogP contribution in [0, 0.1) is 0 Å². The van der Waals surface area contributed by atoms with Gasteiger partial charge in [0.25, 0.3) is 5.91 Å². The standard InChI is InChI=1S/C21H28N4O2/c1-15(2)24-9-5-10-25-17(14-24)12-19(23-25)21(26)22-13-20-18-7-4-3-6-16(18)8-11-27-20/h3-4,6-7,12,15,20H,5,8-11,13-14H2,1-2H3,(H,22,26)/t20-/m1/s1. The Labute approximate surface area is 160 Å². The molecule has 0 bridgehead atoms. The summed E-state index contributed by atoms with van der Waals surface area (Å²) in [6.45, 7) is 8.36. The van der Waals surface area contributed by atoms with Crippen molar-refractivity contribution in [2.75, 3.05) is 19.7 Å². The maximum Gasteiger partial charge on any atom is 0.271 e. The molecule has 0 saturated heterocycles. The quantitative estimate of drug-likeness (QED) is 0.901. The molecule has 6 heteroatoms. The molecule has 1 aromatic carbocycles. The average molecular weight is 368 g/mol. The van der Waals surface area contributed by atoms with E-state index in [1.165, 1.54) is 11.1 Å². The number of benzene rings is 1. The van der Waals surface area contributed by atoms with E-state index >= 15 is 0 Å². The number of aryl methyl sites for hydroxylation is 1. The maximum atomic E-state index is 12.7. The molecule has 144 valence electrons. The van der Waals surface area contributed by atoms with Gasteiger partial charge in [0.05, 0.1) is 12.3 Å². The molecule has 0 saturated carbocycles. The zero-order valence-electron chi connectivity index (χ0n) is 16.1. The molecule has 4 rings (SSSR count). The minimum Gasteiger partial charge on any atom is -0.371 e. The molecule has 1 atom stereocenters. The van der Waals surface area contributed by atoms with Crippen molar-refractivity contribution >= 4 is 5.91 Å². The van der Waals surface area contributed by atoms with E-state index < -0.39 is 0 Å². The first-order valence-electron chi connectivity index (χ1n) is 9.90. The van der Waals surface area contributed by atoms with Crippen molar-refractivity contribution in [1.82, 2.24) is 20.0 Å². The highest BCUT2D eigenvalue weighted by Gasteiger charge is 2.23. The van der Waals surface area contributed by atoms with Gasteiger partial charge in [-0.2, -0.15) is 5.10 Å². The number of ether oxygens (including phenoxy) is 1. The normalized spacial score (nSPS) is 20.0. The van der Waals surface area contributed by atoms with E-state index in [1.54, 1.807) is 0 Å². The molecule has 0 radical (unpaired) electrons. The number of carbonyl (C=O) groups is 1. The van der Waals surface area contributed by atoms with Gasteiger partial charge in [-0.25, -0.2) is 0 Å². The summed E-state index contributed by atoms with van der Waals surface area (Å²) in [5, 5.41) is 7.56. The summed E-state index contributed by atoms with van der Waals surface area (Å²) >= 11 is 0. The molecule has 1 amide bonds. The first-order chi connectivity index (χ1) is 13.1. The Morgan fingerprint density at radius 3 is 3.04 bits per heavy atom. The summed E-state index contributed by atoms with van der Waals surface area (Å²) in [5.41, 5.74) is 4.10. The lowest BCUT2D eigenvalue weighted by Crippen LogP contribution is -2.32. The number of fused-ring (bicyclic) bond motifs is 2. The molecule has 0 unspecified atom stereocenters. The van der Waals surface area contributed by atoms with Gasteiger partial charge in [-0.3, -0.25) is 14.4 Å². The van der Waals surface area contributed by atoms with Crippen molar-refractivity contribution in [2.24, 2.45) is 0 Å². The number of hydrogen-bond acceptors (Lipinski definition) is 4. The summed E-state index contributed by atoms with van der Waals surface area (Å²) in [6, 6.07) is 10.7. The van der Waals surface area contributed by atoms with Gasteiger partial charge in [0.1, 0.15) is 11.8 Å². The van der Waals surface area contributed by atoms with E-state index in [-0.39, 0.29) is 12.0 Å². The van der Waals surface area contributed by atoms with Gasteiger partial charge >= 0.3 is 0 Å². The second-order valence-corrected chi connectivity index (χ2v) is 7.68. The second-order valence-electron chi connectivity index (χ2n) is 7.68. The number of nitrogens with zero attached hydrogens (tertiary/aromatic N) is 3. The zero-order valence-corrected chi connectivity index (χ0v) is 16.1. The third-order valence-electron chi connectivity index (χ3n) is 5.55. The fraction of sp³-hybridized carbons (Fsp3) is 0.524. The molecule has 0 spiro atoms. The van der Waals surface area contributed by atoms with E-state index in [1.807, 2.05) is 16.8 Å². The molecule has 0 aliphatic carbocycles. The molecule has 3 heterocycles. The highest BCUT2D eigenvalue weighted by Crippen LogP contribution is 2.26. The van der Waals surface area contributed by atoms with Crippen LogP contribution < -0.4 is 5.32 Å². The highest BCUT2D eigenvalue weighted by molar-refractivity contribution is 5.92. The lowest BCUT2D eigenvalue weighted by atomic mass is 9.97. The number of hydrogen-bond donors (Lipinski definition) is 1. The monoisotopic (exact) mass is 368 g/mol. The molecule has 27 heavy (non-hydrogen) atoms. The van der Waals surface area contributed by atoms with Crippen molar-refractivity contribution in [2.45, 2.75) is 51.9 Å². The van der Waals surface area contributed by atoms with E-state index in [4.69, 9.17) is 4.74 Å². The Bertz CT molecular complexity index is 814. The van der Waals surface area contributed by atoms with Crippen molar-refractivity contribution in [3.8, 4) is 0 Å². The van der Waals surface area contributed by atoms with Crippen LogP contribution >= 0.6 is 0 Å². The van der Waals surface area contributed by atoms with Crippen molar-refractivity contribution in [1.29, 1.82) is 0 Å². The molecule has 2 aliphatic heterocycles. The third-order valence-corrected chi connectivity index (χ3v) is 5.55. The number of nitrogens with one attached hydrogen (secondary N) is 1. The Hall–Kier alpha value is -2.18. The number of carbonyl (C=O) groups excluding carboxylic acids is 1. The van der Waals surface area contributed by atoms with E-state index in [9.17, 15) is 4.79 Å². The topological polar surface area (TPSA) is 59.4 Å². The summed E-state index contributed by atoms with van der Waals surface area (Å²) in [6.07, 6.45) is 1.90. The fourth-order valence-corrected chi connectivity index (χ4v) is 3.96. The summed E-state index contributed by atoms with van der Waals surface area (Å²) in [4.78, 5) is 15.1. The van der Waals surface area contributed by atoms with E-state index in [0.29, 0.717) is 24.9 Å². The summed E-state index contributed by atoms with van der Waals surface area (Å²) in [7, 11) is 0. The minimum absolute atomic E-state index is 0.0872. The average Bonchev–Trinajstić information content (AvgIpc) is 2.97. The van der Waals surface area contributed by atoms with Crippen LogP contribution in [0.25, 0.3) is 0 Å². The van der Waals surface area contributed by atoms with Crippen LogP contribution in [0.1, 0.15) is 53.7 Å². The maximum absolute atomic E-state index is 12.7. The zero-order chi connectivity index (χ0) is 18.8. The largest absolute Gasteiger partial charge is 0.371 e. The molecule has 2 aliphatic rings. The van der Waals surface area contributed by atoms with Crippen molar-refractivity contribution in [3.05, 3.63) is 52.8 Å². The second kappa shape index (κ2) is 7.82. The van der Waals surface area contributed by atoms with Gasteiger partial charge in [-0.15, -0.1) is 0 Å². The van der Waals surface area contributed by atoms with Crippen LogP contribution in [0.5, 0.6) is 0 Å². The SMILES string of the molecule is CC(C)N1CCCn2nc(C(=O)NC[C@H]3OCCc4ccccc43)cc2C1. The van der Waals surface area contributed by atoms with E-state index in [0.717, 1.165) is 38.2 Å². The predicted octanol–water partition coefficient (Wildman–Crippen LogP) is 2.54. The molecule has 6 nitrogen and oxygen atoms in total. The van der Waals surface area contributed by atoms with Gasteiger partial charge < -0.3 is 10.1 Å². The van der Waals surface area contributed by atoms with Crippen LogP contribution in [0.3, 0.4) is 0 Å². The summed E-state index contributed by atoms with van der Waals surface area (Å²) < 4.78 is 7.87. The Balaban J connectivity index is 1.42. The molecular weight excluding hydrogens is 340 g/mol. The van der Waals surface area contributed by atoms with Crippen molar-refractivity contribution in [3.63, 3.8) is 0 Å². The number of rotatable bonds is 4. The van der Waals surface area contributed by atoms with Gasteiger partial charge in [0.15, 0.2) is 0 Å². The van der Waals surface area contributed by atoms with Gasteiger partial charge in [-0.05, 0) is 43.9 Å². The smallest absolute Gasteiger partial charge is 0.271 e. The lowest BCUT2D eigenvalue weighted by Gasteiger charge is -2.26. The molecule has 0 fully saturated rings. The van der Waals surface area contributed by atoms with Crippen LogP contribution in [-0.2, 0) is 24.2 Å². The lowest BCUT2D eigenvalue weighted by molar-refractivity contribution is 0.0410. The molecule has 1 aromatic heterocycles. The first-order valence-corrected chi connectivity index (χ1v) is 9.90. The molecule has 1 N–H and O–H groups in total. The Morgan fingerprint density at radius 1 is 1.33 bits per heavy atom. The fourth-order valence-electron chi connectivity index (χ4n) is 3.96. The third kappa shape index (κ3) is 3.92. The first kappa shape index (κ1) is 18.2. The van der Waals surface area contributed by atoms with Crippen molar-refractivity contribution < 1.29 is 9.53 Å². The van der Waals surface area contributed by atoms with Crippen LogP contribution in [-0.4, -0.2) is 46.3 Å². The Kier molecular flexibility index (Phi) is 5.27. The van der Waals surface area contributed by atoms with Gasteiger partial charge in [0.2, 0.25) is 0 Å². The van der Waals surface area contributed by atoms with Gasteiger partial charge in [0, 0.05) is 32.2 Å². The van der Waals surface area contributed by atoms with Crippen LogP contribution in [0.2, 0.25) is 0 Å². The number of aromatic nitrogens is 2. The van der Waals surface area contributed by atoms with E-state index in [2.05, 4.69) is 47.4 Å². The van der Waals surface area contributed by atoms with Gasteiger partial charge in [-0.1, -0.05) is 24.3 Å². The minimum atomic E-state index is -0.127. The summed E-state index contributed by atoms with van der Waals surface area (Å²) in [5.74, 6) is -0.127. The predicted molar refractivity (Wildman–Crippen MR) is 104 cm³/mol.